The lowest BCUT2D eigenvalue weighted by atomic mass is 9.82. The first-order valence-electron chi connectivity index (χ1n) is 8.14. The number of hydrogen-bond acceptors (Lipinski definition) is 3. The molecule has 0 aromatic rings. The molecule has 1 unspecified atom stereocenters. The highest BCUT2D eigenvalue weighted by Crippen LogP contribution is 2.28. The van der Waals surface area contributed by atoms with Gasteiger partial charge in [-0.25, -0.2) is 0 Å². The molecule has 0 aromatic heterocycles. The molecule has 5 nitrogen and oxygen atoms in total. The summed E-state index contributed by atoms with van der Waals surface area (Å²) < 4.78 is 0. The molecule has 0 aliphatic heterocycles. The minimum absolute atomic E-state index is 0.0508. The molecule has 5 heteroatoms. The van der Waals surface area contributed by atoms with Gasteiger partial charge in [-0.1, -0.05) is 13.8 Å². The van der Waals surface area contributed by atoms with Gasteiger partial charge in [-0.3, -0.25) is 9.59 Å². The maximum Gasteiger partial charge on any atom is 0.306 e. The van der Waals surface area contributed by atoms with Gasteiger partial charge >= 0.3 is 5.97 Å². The Bertz CT molecular complexity index is 336. The number of carbonyl (C=O) groups is 2. The van der Waals surface area contributed by atoms with Crippen LogP contribution in [0.3, 0.4) is 0 Å². The van der Waals surface area contributed by atoms with Crippen molar-refractivity contribution in [1.29, 1.82) is 0 Å². The van der Waals surface area contributed by atoms with E-state index in [1.165, 1.54) is 0 Å². The van der Waals surface area contributed by atoms with Gasteiger partial charge in [0.25, 0.3) is 0 Å². The van der Waals surface area contributed by atoms with E-state index in [0.717, 1.165) is 45.2 Å². The smallest absolute Gasteiger partial charge is 0.306 e. The van der Waals surface area contributed by atoms with E-state index >= 15 is 0 Å². The molecule has 1 fully saturated rings. The molecular weight excluding hydrogens is 268 g/mol. The minimum atomic E-state index is -0.667. The Morgan fingerprint density at radius 3 is 2.29 bits per heavy atom. The second-order valence-electron chi connectivity index (χ2n) is 6.66. The first-order valence-corrected chi connectivity index (χ1v) is 8.14. The number of aliphatic carboxylic acids is 1. The third-order valence-electron chi connectivity index (χ3n) is 4.32. The molecule has 1 aliphatic rings. The van der Waals surface area contributed by atoms with Crippen LogP contribution in [-0.2, 0) is 9.59 Å². The van der Waals surface area contributed by atoms with Crippen molar-refractivity contribution in [3.63, 3.8) is 0 Å². The van der Waals surface area contributed by atoms with Gasteiger partial charge in [0.05, 0.1) is 12.0 Å². The fourth-order valence-corrected chi connectivity index (χ4v) is 2.69. The Labute approximate surface area is 127 Å². The van der Waals surface area contributed by atoms with Gasteiger partial charge in [0.1, 0.15) is 0 Å². The van der Waals surface area contributed by atoms with Gasteiger partial charge in [-0.05, 0) is 57.4 Å². The van der Waals surface area contributed by atoms with E-state index < -0.39 is 5.97 Å². The number of nitrogens with one attached hydrogen (secondary N) is 2. The summed E-state index contributed by atoms with van der Waals surface area (Å²) >= 11 is 0. The van der Waals surface area contributed by atoms with Crippen molar-refractivity contribution in [3.8, 4) is 0 Å². The Morgan fingerprint density at radius 1 is 1.14 bits per heavy atom. The summed E-state index contributed by atoms with van der Waals surface area (Å²) in [5.74, 6) is 0.302. The van der Waals surface area contributed by atoms with Crippen molar-refractivity contribution in [1.82, 2.24) is 10.6 Å². The zero-order valence-electron chi connectivity index (χ0n) is 13.5. The molecule has 0 saturated heterocycles. The molecule has 1 atom stereocenters. The minimum Gasteiger partial charge on any atom is -0.481 e. The maximum absolute atomic E-state index is 11.9. The van der Waals surface area contributed by atoms with E-state index in [1.54, 1.807) is 0 Å². The van der Waals surface area contributed by atoms with E-state index in [1.807, 2.05) is 6.92 Å². The van der Waals surface area contributed by atoms with Crippen LogP contribution in [0.15, 0.2) is 0 Å². The summed E-state index contributed by atoms with van der Waals surface area (Å²) in [5, 5.41) is 15.2. The van der Waals surface area contributed by atoms with Crippen LogP contribution in [0, 0.1) is 17.8 Å². The second-order valence-corrected chi connectivity index (χ2v) is 6.66. The molecule has 1 aliphatic carbocycles. The molecule has 122 valence electrons. The molecule has 1 rings (SSSR count). The predicted molar refractivity (Wildman–Crippen MR) is 83.0 cm³/mol. The van der Waals surface area contributed by atoms with Crippen LogP contribution in [0.5, 0.6) is 0 Å². The fourth-order valence-electron chi connectivity index (χ4n) is 2.69. The van der Waals surface area contributed by atoms with Crippen LogP contribution in [-0.4, -0.2) is 36.1 Å². The molecule has 3 N–H and O–H groups in total. The van der Waals surface area contributed by atoms with Gasteiger partial charge in [0.15, 0.2) is 0 Å². The van der Waals surface area contributed by atoms with Crippen LogP contribution in [0.1, 0.15) is 52.9 Å². The summed E-state index contributed by atoms with van der Waals surface area (Å²) in [5.41, 5.74) is 0. The van der Waals surface area contributed by atoms with Crippen LogP contribution >= 0.6 is 0 Å². The molecule has 0 bridgehead atoms. The van der Waals surface area contributed by atoms with Crippen LogP contribution in [0.2, 0.25) is 0 Å². The molecular formula is C16H30N2O3. The van der Waals surface area contributed by atoms with E-state index in [9.17, 15) is 9.59 Å². The Morgan fingerprint density at radius 2 is 1.76 bits per heavy atom. The number of carboxylic acid groups (broad SMARTS) is 1. The maximum atomic E-state index is 11.9. The van der Waals surface area contributed by atoms with Gasteiger partial charge < -0.3 is 15.7 Å². The van der Waals surface area contributed by atoms with E-state index in [-0.39, 0.29) is 17.9 Å². The average molecular weight is 298 g/mol. The molecule has 1 amide bonds. The van der Waals surface area contributed by atoms with Gasteiger partial charge in [-0.2, -0.15) is 0 Å². The zero-order chi connectivity index (χ0) is 15.8. The van der Waals surface area contributed by atoms with Crippen molar-refractivity contribution in [2.24, 2.45) is 17.8 Å². The van der Waals surface area contributed by atoms with E-state index in [0.29, 0.717) is 11.8 Å². The highest BCUT2D eigenvalue weighted by molar-refractivity contribution is 5.81. The number of hydrogen-bond donors (Lipinski definition) is 3. The summed E-state index contributed by atoms with van der Waals surface area (Å²) in [7, 11) is 0. The molecule has 0 heterocycles. The lowest BCUT2D eigenvalue weighted by molar-refractivity contribution is -0.143. The first-order chi connectivity index (χ1) is 9.90. The van der Waals surface area contributed by atoms with E-state index in [2.05, 4.69) is 24.5 Å². The lowest BCUT2D eigenvalue weighted by Crippen LogP contribution is -2.44. The van der Waals surface area contributed by atoms with Gasteiger partial charge in [0, 0.05) is 6.54 Å². The van der Waals surface area contributed by atoms with Crippen molar-refractivity contribution in [2.45, 2.75) is 58.9 Å². The van der Waals surface area contributed by atoms with Crippen molar-refractivity contribution >= 4 is 11.9 Å². The SMILES string of the molecule is CC(C)CCNC(=O)C(C)NCC1CCC(C(=O)O)CC1. The number of rotatable bonds is 8. The molecule has 0 radical (unpaired) electrons. The Balaban J connectivity index is 2.17. The first kappa shape index (κ1) is 18.0. The van der Waals surface area contributed by atoms with Crippen molar-refractivity contribution in [3.05, 3.63) is 0 Å². The Hall–Kier alpha value is -1.10. The molecule has 21 heavy (non-hydrogen) atoms. The summed E-state index contributed by atoms with van der Waals surface area (Å²) in [4.78, 5) is 22.8. The van der Waals surface area contributed by atoms with Crippen molar-refractivity contribution < 1.29 is 14.7 Å². The molecule has 0 spiro atoms. The Kier molecular flexibility index (Phi) is 7.72. The molecule has 0 aromatic carbocycles. The standard InChI is InChI=1S/C16H30N2O3/c1-11(2)8-9-17-15(19)12(3)18-10-13-4-6-14(7-5-13)16(20)21/h11-14,18H,4-10H2,1-3H3,(H,17,19)(H,20,21). The summed E-state index contributed by atoms with van der Waals surface area (Å²) in [6.07, 6.45) is 4.39. The quantitative estimate of drug-likeness (QED) is 0.640. The van der Waals surface area contributed by atoms with Crippen LogP contribution < -0.4 is 10.6 Å². The number of amides is 1. The monoisotopic (exact) mass is 298 g/mol. The van der Waals surface area contributed by atoms with Gasteiger partial charge in [-0.15, -0.1) is 0 Å². The predicted octanol–water partition coefficient (Wildman–Crippen LogP) is 2.02. The highest BCUT2D eigenvalue weighted by atomic mass is 16.4. The van der Waals surface area contributed by atoms with Gasteiger partial charge in [0.2, 0.25) is 5.91 Å². The normalized spacial score (nSPS) is 23.8. The molecule has 1 saturated carbocycles. The van der Waals surface area contributed by atoms with Crippen LogP contribution in [0.4, 0.5) is 0 Å². The van der Waals surface area contributed by atoms with Crippen molar-refractivity contribution in [2.75, 3.05) is 13.1 Å². The fraction of sp³-hybridized carbons (Fsp3) is 0.875. The summed E-state index contributed by atoms with van der Waals surface area (Å²) in [6, 6.07) is -0.186. The topological polar surface area (TPSA) is 78.4 Å². The third kappa shape index (κ3) is 6.93. The zero-order valence-corrected chi connectivity index (χ0v) is 13.5. The van der Waals surface area contributed by atoms with Crippen LogP contribution in [0.25, 0.3) is 0 Å². The number of carboxylic acids is 1. The average Bonchev–Trinajstić information content (AvgIpc) is 2.44. The lowest BCUT2D eigenvalue weighted by Gasteiger charge is -2.27. The summed E-state index contributed by atoms with van der Waals surface area (Å²) in [6.45, 7) is 7.69. The largest absolute Gasteiger partial charge is 0.481 e. The number of carbonyl (C=O) groups excluding carboxylic acids is 1. The van der Waals surface area contributed by atoms with E-state index in [4.69, 9.17) is 5.11 Å². The third-order valence-corrected chi connectivity index (χ3v) is 4.32. The highest BCUT2D eigenvalue weighted by Gasteiger charge is 2.26. The second kappa shape index (κ2) is 9.03.